The number of morpholine rings is 1. The Morgan fingerprint density at radius 3 is 3.00 bits per heavy atom. The van der Waals surface area contributed by atoms with Crippen LogP contribution in [0.2, 0.25) is 5.02 Å². The van der Waals surface area contributed by atoms with Gasteiger partial charge in [-0.2, -0.15) is 0 Å². The molecule has 106 valence electrons. The number of hydrogen-bond donors (Lipinski definition) is 2. The molecule has 1 aliphatic heterocycles. The van der Waals surface area contributed by atoms with Gasteiger partial charge in [0.25, 0.3) is 0 Å². The molecular formula is C12H17ClN2O3S. The molecule has 0 aromatic heterocycles. The van der Waals surface area contributed by atoms with E-state index in [0.29, 0.717) is 30.3 Å². The minimum atomic E-state index is -3.54. The normalized spacial score (nSPS) is 20.4. The van der Waals surface area contributed by atoms with Crippen molar-refractivity contribution in [2.24, 2.45) is 0 Å². The summed E-state index contributed by atoms with van der Waals surface area (Å²) < 4.78 is 32.3. The van der Waals surface area contributed by atoms with Gasteiger partial charge in [0, 0.05) is 24.2 Å². The summed E-state index contributed by atoms with van der Waals surface area (Å²) in [6.07, 6.45) is 0. The monoisotopic (exact) mass is 304 g/mol. The standard InChI is InChI=1S/C12H17ClN2O3S/c1-9-11(13)3-2-4-12(9)19(16,17)15-7-10-8-18-6-5-14-10/h2-4,10,14-15H,5-8H2,1H3. The maximum atomic E-state index is 12.2. The van der Waals surface area contributed by atoms with Gasteiger partial charge in [0.05, 0.1) is 18.1 Å². The van der Waals surface area contributed by atoms with E-state index >= 15 is 0 Å². The fourth-order valence-corrected chi connectivity index (χ4v) is 3.50. The molecule has 0 spiro atoms. The molecule has 1 aromatic carbocycles. The predicted molar refractivity (Wildman–Crippen MR) is 74.0 cm³/mol. The Hall–Kier alpha value is -0.660. The quantitative estimate of drug-likeness (QED) is 0.868. The maximum Gasteiger partial charge on any atom is 0.240 e. The number of ether oxygens (including phenoxy) is 1. The zero-order valence-corrected chi connectivity index (χ0v) is 12.2. The van der Waals surface area contributed by atoms with Crippen LogP contribution in [0.15, 0.2) is 23.1 Å². The Balaban J connectivity index is 2.07. The van der Waals surface area contributed by atoms with Gasteiger partial charge in [-0.25, -0.2) is 13.1 Å². The van der Waals surface area contributed by atoms with Crippen molar-refractivity contribution in [3.05, 3.63) is 28.8 Å². The van der Waals surface area contributed by atoms with E-state index in [9.17, 15) is 8.42 Å². The van der Waals surface area contributed by atoms with Crippen molar-refractivity contribution in [3.63, 3.8) is 0 Å². The van der Waals surface area contributed by atoms with Gasteiger partial charge >= 0.3 is 0 Å². The van der Waals surface area contributed by atoms with E-state index < -0.39 is 10.0 Å². The van der Waals surface area contributed by atoms with Crippen molar-refractivity contribution in [2.45, 2.75) is 17.9 Å². The fourth-order valence-electron chi connectivity index (χ4n) is 1.92. The third-order valence-electron chi connectivity index (χ3n) is 3.03. The lowest BCUT2D eigenvalue weighted by Gasteiger charge is -2.24. The van der Waals surface area contributed by atoms with E-state index in [0.717, 1.165) is 6.54 Å². The van der Waals surface area contributed by atoms with Crippen molar-refractivity contribution in [1.82, 2.24) is 10.0 Å². The van der Waals surface area contributed by atoms with E-state index in [4.69, 9.17) is 16.3 Å². The average Bonchev–Trinajstić information content (AvgIpc) is 2.41. The molecule has 1 aromatic rings. The summed E-state index contributed by atoms with van der Waals surface area (Å²) in [5, 5.41) is 3.64. The highest BCUT2D eigenvalue weighted by Gasteiger charge is 2.20. The summed E-state index contributed by atoms with van der Waals surface area (Å²) in [7, 11) is -3.54. The summed E-state index contributed by atoms with van der Waals surface area (Å²) in [5.74, 6) is 0. The van der Waals surface area contributed by atoms with Crippen LogP contribution in [-0.2, 0) is 14.8 Å². The second-order valence-corrected chi connectivity index (χ2v) is 6.58. The van der Waals surface area contributed by atoms with Crippen LogP contribution in [0.1, 0.15) is 5.56 Å². The third kappa shape index (κ3) is 3.67. The second kappa shape index (κ2) is 6.19. The number of benzene rings is 1. The minimum Gasteiger partial charge on any atom is -0.378 e. The van der Waals surface area contributed by atoms with Gasteiger partial charge in [-0.1, -0.05) is 17.7 Å². The van der Waals surface area contributed by atoms with Crippen LogP contribution in [0, 0.1) is 6.92 Å². The molecule has 0 saturated carbocycles. The first kappa shape index (κ1) is 14.7. The average molecular weight is 305 g/mol. The van der Waals surface area contributed by atoms with Crippen LogP contribution in [0.5, 0.6) is 0 Å². The number of rotatable bonds is 4. The van der Waals surface area contributed by atoms with Crippen LogP contribution in [0.25, 0.3) is 0 Å². The van der Waals surface area contributed by atoms with Crippen LogP contribution >= 0.6 is 11.6 Å². The lowest BCUT2D eigenvalue weighted by Crippen LogP contribution is -2.48. The molecule has 1 fully saturated rings. The van der Waals surface area contributed by atoms with Gasteiger partial charge in [-0.15, -0.1) is 0 Å². The van der Waals surface area contributed by atoms with Crippen LogP contribution in [0.3, 0.4) is 0 Å². The first-order valence-corrected chi connectivity index (χ1v) is 7.93. The van der Waals surface area contributed by atoms with Gasteiger partial charge < -0.3 is 10.1 Å². The van der Waals surface area contributed by atoms with E-state index in [1.54, 1.807) is 25.1 Å². The van der Waals surface area contributed by atoms with Crippen molar-refractivity contribution < 1.29 is 13.2 Å². The first-order chi connectivity index (χ1) is 9.00. The minimum absolute atomic E-state index is 0.00279. The van der Waals surface area contributed by atoms with E-state index in [1.165, 1.54) is 0 Å². The summed E-state index contributed by atoms with van der Waals surface area (Å²) in [6, 6.07) is 4.86. The Labute approximate surface area is 118 Å². The van der Waals surface area contributed by atoms with Gasteiger partial charge in [0.1, 0.15) is 0 Å². The van der Waals surface area contributed by atoms with Gasteiger partial charge in [0.2, 0.25) is 10.0 Å². The Kier molecular flexibility index (Phi) is 4.81. The maximum absolute atomic E-state index is 12.2. The van der Waals surface area contributed by atoms with Gasteiger partial charge in [0.15, 0.2) is 0 Å². The zero-order valence-electron chi connectivity index (χ0n) is 10.6. The topological polar surface area (TPSA) is 67.4 Å². The predicted octanol–water partition coefficient (Wildman–Crippen LogP) is 0.915. The molecule has 5 nitrogen and oxygen atoms in total. The molecule has 1 atom stereocenters. The van der Waals surface area contributed by atoms with Gasteiger partial charge in [-0.3, -0.25) is 0 Å². The molecule has 2 N–H and O–H groups in total. The van der Waals surface area contributed by atoms with Crippen molar-refractivity contribution in [1.29, 1.82) is 0 Å². The van der Waals surface area contributed by atoms with E-state index in [2.05, 4.69) is 10.0 Å². The molecule has 0 amide bonds. The molecule has 1 unspecified atom stereocenters. The molecular weight excluding hydrogens is 288 g/mol. The SMILES string of the molecule is Cc1c(Cl)cccc1S(=O)(=O)NCC1COCCN1. The largest absolute Gasteiger partial charge is 0.378 e. The number of halogens is 1. The van der Waals surface area contributed by atoms with E-state index in [-0.39, 0.29) is 10.9 Å². The first-order valence-electron chi connectivity index (χ1n) is 6.06. The molecule has 1 aliphatic rings. The number of nitrogens with one attached hydrogen (secondary N) is 2. The van der Waals surface area contributed by atoms with Crippen molar-refractivity contribution in [3.8, 4) is 0 Å². The second-order valence-electron chi connectivity index (χ2n) is 4.44. The number of hydrogen-bond acceptors (Lipinski definition) is 4. The molecule has 1 saturated heterocycles. The highest BCUT2D eigenvalue weighted by atomic mass is 35.5. The molecule has 7 heteroatoms. The summed E-state index contributed by atoms with van der Waals surface area (Å²) in [5.41, 5.74) is 0.560. The molecule has 2 rings (SSSR count). The lowest BCUT2D eigenvalue weighted by molar-refractivity contribution is 0.0784. The Bertz CT molecular complexity index is 542. The molecule has 0 bridgehead atoms. The Morgan fingerprint density at radius 2 is 2.32 bits per heavy atom. The van der Waals surface area contributed by atoms with Crippen LogP contribution in [0.4, 0.5) is 0 Å². The van der Waals surface area contributed by atoms with Crippen LogP contribution in [-0.4, -0.2) is 40.8 Å². The summed E-state index contributed by atoms with van der Waals surface area (Å²) in [6.45, 7) is 3.91. The molecule has 19 heavy (non-hydrogen) atoms. The summed E-state index contributed by atoms with van der Waals surface area (Å²) in [4.78, 5) is 0.219. The third-order valence-corrected chi connectivity index (χ3v) is 5.00. The Morgan fingerprint density at radius 1 is 1.53 bits per heavy atom. The molecule has 1 heterocycles. The highest BCUT2D eigenvalue weighted by Crippen LogP contribution is 2.22. The lowest BCUT2D eigenvalue weighted by atomic mass is 10.2. The zero-order chi connectivity index (χ0) is 13.9. The summed E-state index contributed by atoms with van der Waals surface area (Å²) >= 11 is 5.94. The fraction of sp³-hybridized carbons (Fsp3) is 0.500. The molecule has 0 aliphatic carbocycles. The smallest absolute Gasteiger partial charge is 0.240 e. The van der Waals surface area contributed by atoms with Gasteiger partial charge in [-0.05, 0) is 24.6 Å². The highest BCUT2D eigenvalue weighted by molar-refractivity contribution is 7.89. The number of sulfonamides is 1. The van der Waals surface area contributed by atoms with E-state index in [1.807, 2.05) is 0 Å². The van der Waals surface area contributed by atoms with Crippen molar-refractivity contribution in [2.75, 3.05) is 26.3 Å². The van der Waals surface area contributed by atoms with Crippen LogP contribution < -0.4 is 10.0 Å². The molecule has 0 radical (unpaired) electrons. The van der Waals surface area contributed by atoms with Crippen molar-refractivity contribution >= 4 is 21.6 Å².